The molecule has 1 atom stereocenters. The number of aromatic nitrogens is 1. The van der Waals surface area contributed by atoms with Crippen molar-refractivity contribution in [1.82, 2.24) is 4.57 Å². The molecule has 9 aromatic rings. The lowest BCUT2D eigenvalue weighted by atomic mass is 9.85. The maximum absolute atomic E-state index is 2.39. The first-order valence-corrected chi connectivity index (χ1v) is 16.8. The molecule has 47 heavy (non-hydrogen) atoms. The number of rotatable bonds is 5. The zero-order valence-corrected chi connectivity index (χ0v) is 26.7. The second-order valence-electron chi connectivity index (χ2n) is 12.9. The van der Waals surface area contributed by atoms with E-state index in [1.54, 1.807) is 0 Å². The highest BCUT2D eigenvalue weighted by Crippen LogP contribution is 2.44. The zero-order valence-electron chi connectivity index (χ0n) is 26.7. The fourth-order valence-electron chi connectivity index (χ4n) is 7.69. The molecule has 0 bridgehead atoms. The van der Waals surface area contributed by atoms with Crippen LogP contribution >= 0.6 is 0 Å². The van der Waals surface area contributed by atoms with Crippen molar-refractivity contribution in [3.8, 4) is 27.9 Å². The van der Waals surface area contributed by atoms with Crippen LogP contribution in [-0.2, 0) is 0 Å². The summed E-state index contributed by atoms with van der Waals surface area (Å²) >= 11 is 0. The number of hydrogen-bond acceptors (Lipinski definition) is 0. The molecule has 1 nitrogen and oxygen atoms in total. The average Bonchev–Trinajstić information content (AvgIpc) is 3.47. The molecule has 1 heteroatoms. The Kier molecular flexibility index (Phi) is 6.47. The molecule has 1 aromatic heterocycles. The summed E-state index contributed by atoms with van der Waals surface area (Å²) in [5.41, 5.74) is 10.1. The molecule has 8 aromatic carbocycles. The van der Waals surface area contributed by atoms with Crippen LogP contribution in [0.25, 0.3) is 82.1 Å². The van der Waals surface area contributed by atoms with Crippen molar-refractivity contribution in [2.24, 2.45) is 0 Å². The van der Waals surface area contributed by atoms with Gasteiger partial charge in [0.25, 0.3) is 0 Å². The van der Waals surface area contributed by atoms with Gasteiger partial charge in [-0.25, -0.2) is 0 Å². The van der Waals surface area contributed by atoms with Crippen molar-refractivity contribution in [2.45, 2.75) is 26.2 Å². The van der Waals surface area contributed by atoms with Crippen LogP contribution in [0, 0.1) is 0 Å². The van der Waals surface area contributed by atoms with Crippen LogP contribution in [0.4, 0.5) is 0 Å². The first-order chi connectivity index (χ1) is 23.2. The lowest BCUT2D eigenvalue weighted by Crippen LogP contribution is -1.94. The first-order valence-electron chi connectivity index (χ1n) is 16.8. The normalized spacial score (nSPS) is 12.5. The Morgan fingerprint density at radius 3 is 1.45 bits per heavy atom. The van der Waals surface area contributed by atoms with Gasteiger partial charge in [-0.3, -0.25) is 0 Å². The van der Waals surface area contributed by atoms with E-state index in [-0.39, 0.29) is 0 Å². The Hall–Kier alpha value is -5.66. The summed E-state index contributed by atoms with van der Waals surface area (Å²) in [6.45, 7) is 4.57. The van der Waals surface area contributed by atoms with Gasteiger partial charge in [-0.2, -0.15) is 0 Å². The molecule has 0 saturated heterocycles. The molecular weight excluding hydrogens is 567 g/mol. The SMILES string of the molecule is CCC(C)c1ccc2cc(-c3c4ccccc4c(-c4ccc(-n5c6ccccc6c6ccccc65)cc4)c4ccccc34)ccc2c1. The largest absolute Gasteiger partial charge is 0.309 e. The van der Waals surface area contributed by atoms with Crippen LogP contribution in [0.2, 0.25) is 0 Å². The van der Waals surface area contributed by atoms with Crippen LogP contribution < -0.4 is 0 Å². The van der Waals surface area contributed by atoms with E-state index < -0.39 is 0 Å². The minimum Gasteiger partial charge on any atom is -0.309 e. The minimum atomic E-state index is 0.565. The summed E-state index contributed by atoms with van der Waals surface area (Å²) < 4.78 is 2.39. The van der Waals surface area contributed by atoms with E-state index in [2.05, 4.69) is 176 Å². The Morgan fingerprint density at radius 1 is 0.447 bits per heavy atom. The highest BCUT2D eigenvalue weighted by molar-refractivity contribution is 6.21. The monoisotopic (exact) mass is 601 g/mol. The molecule has 0 spiro atoms. The Bertz CT molecular complexity index is 2510. The van der Waals surface area contributed by atoms with E-state index in [0.717, 1.165) is 6.42 Å². The molecule has 0 amide bonds. The Morgan fingerprint density at radius 2 is 0.894 bits per heavy atom. The third-order valence-electron chi connectivity index (χ3n) is 10.3. The maximum atomic E-state index is 2.39. The first kappa shape index (κ1) is 27.6. The van der Waals surface area contributed by atoms with Gasteiger partial charge in [0.05, 0.1) is 11.0 Å². The fourth-order valence-corrected chi connectivity index (χ4v) is 7.69. The van der Waals surface area contributed by atoms with Crippen molar-refractivity contribution in [2.75, 3.05) is 0 Å². The molecule has 0 aliphatic carbocycles. The van der Waals surface area contributed by atoms with Crippen LogP contribution in [0.1, 0.15) is 31.7 Å². The molecular formula is C46H35N. The molecule has 0 aliphatic rings. The van der Waals surface area contributed by atoms with Crippen molar-refractivity contribution in [3.05, 3.63) is 163 Å². The summed E-state index contributed by atoms with van der Waals surface area (Å²) in [5.74, 6) is 0.565. The smallest absolute Gasteiger partial charge is 0.0541 e. The number of fused-ring (bicyclic) bond motifs is 6. The number of para-hydroxylation sites is 2. The maximum Gasteiger partial charge on any atom is 0.0541 e. The molecule has 0 radical (unpaired) electrons. The highest BCUT2D eigenvalue weighted by Gasteiger charge is 2.18. The number of benzene rings is 8. The quantitative estimate of drug-likeness (QED) is 0.173. The van der Waals surface area contributed by atoms with Gasteiger partial charge in [-0.1, -0.05) is 141 Å². The number of nitrogens with zero attached hydrogens (tertiary/aromatic N) is 1. The lowest BCUT2D eigenvalue weighted by Gasteiger charge is -2.18. The van der Waals surface area contributed by atoms with E-state index in [4.69, 9.17) is 0 Å². The van der Waals surface area contributed by atoms with Gasteiger partial charge < -0.3 is 4.57 Å². The Labute approximate surface area is 275 Å². The molecule has 1 heterocycles. The molecule has 0 saturated carbocycles. The van der Waals surface area contributed by atoms with Gasteiger partial charge in [0.15, 0.2) is 0 Å². The summed E-state index contributed by atoms with van der Waals surface area (Å²) in [7, 11) is 0. The van der Waals surface area contributed by atoms with E-state index >= 15 is 0 Å². The predicted molar refractivity (Wildman–Crippen MR) is 203 cm³/mol. The highest BCUT2D eigenvalue weighted by atomic mass is 15.0. The van der Waals surface area contributed by atoms with Gasteiger partial charge in [0.2, 0.25) is 0 Å². The lowest BCUT2D eigenvalue weighted by molar-refractivity contribution is 0.735. The van der Waals surface area contributed by atoms with E-state index in [9.17, 15) is 0 Å². The topological polar surface area (TPSA) is 4.93 Å². The molecule has 224 valence electrons. The van der Waals surface area contributed by atoms with Crippen LogP contribution in [0.5, 0.6) is 0 Å². The van der Waals surface area contributed by atoms with E-state index in [1.165, 1.54) is 87.6 Å². The summed E-state index contributed by atoms with van der Waals surface area (Å²) in [5, 5.41) is 10.3. The zero-order chi connectivity index (χ0) is 31.5. The van der Waals surface area contributed by atoms with Crippen LogP contribution in [0.15, 0.2) is 158 Å². The third-order valence-corrected chi connectivity index (χ3v) is 10.3. The van der Waals surface area contributed by atoms with Crippen LogP contribution in [-0.4, -0.2) is 4.57 Å². The van der Waals surface area contributed by atoms with E-state index in [1.807, 2.05) is 0 Å². The summed E-state index contributed by atoms with van der Waals surface area (Å²) in [6, 6.07) is 58.4. The number of hydrogen-bond donors (Lipinski definition) is 0. The van der Waals surface area contributed by atoms with Gasteiger partial charge in [-0.15, -0.1) is 0 Å². The minimum absolute atomic E-state index is 0.565. The van der Waals surface area contributed by atoms with Crippen LogP contribution in [0.3, 0.4) is 0 Å². The second kappa shape index (κ2) is 11.0. The molecule has 9 rings (SSSR count). The van der Waals surface area contributed by atoms with Crippen molar-refractivity contribution in [1.29, 1.82) is 0 Å². The van der Waals surface area contributed by atoms with Crippen molar-refractivity contribution in [3.63, 3.8) is 0 Å². The third kappa shape index (κ3) is 4.38. The summed E-state index contributed by atoms with van der Waals surface area (Å²) in [4.78, 5) is 0. The molecule has 0 N–H and O–H groups in total. The van der Waals surface area contributed by atoms with Crippen molar-refractivity contribution >= 4 is 54.1 Å². The van der Waals surface area contributed by atoms with Gasteiger partial charge >= 0.3 is 0 Å². The average molecular weight is 602 g/mol. The Balaban J connectivity index is 1.23. The van der Waals surface area contributed by atoms with Gasteiger partial charge in [0.1, 0.15) is 0 Å². The second-order valence-corrected chi connectivity index (χ2v) is 12.9. The fraction of sp³-hybridized carbons (Fsp3) is 0.0870. The summed E-state index contributed by atoms with van der Waals surface area (Å²) in [6.07, 6.45) is 1.15. The van der Waals surface area contributed by atoms with Crippen molar-refractivity contribution < 1.29 is 0 Å². The molecule has 0 aliphatic heterocycles. The molecule has 1 unspecified atom stereocenters. The standard InChI is InChI=1S/C46H35N/c1-3-30(2)32-20-21-34-29-35(23-22-33(34)28-32)46-41-16-6-4-14-39(41)45(40-15-5-7-17-42(40)46)31-24-26-36(27-25-31)47-43-18-10-8-12-37(43)38-13-9-11-19-44(38)47/h4-30H,3H2,1-2H3. The predicted octanol–water partition coefficient (Wildman–Crippen LogP) is 13.1. The van der Waals surface area contributed by atoms with Gasteiger partial charge in [-0.05, 0) is 103 Å². The molecule has 0 fully saturated rings. The van der Waals surface area contributed by atoms with E-state index in [0.29, 0.717) is 5.92 Å². The van der Waals surface area contributed by atoms with Gasteiger partial charge in [0, 0.05) is 16.5 Å².